The molecule has 1 aromatic carbocycles. The van der Waals surface area contributed by atoms with E-state index in [0.717, 1.165) is 50.5 Å². The first-order chi connectivity index (χ1) is 14.0. The van der Waals surface area contributed by atoms with Gasteiger partial charge >= 0.3 is 5.97 Å². The molecule has 2 aliphatic carbocycles. The number of esters is 1. The van der Waals surface area contributed by atoms with Crippen LogP contribution in [0.25, 0.3) is 0 Å². The highest BCUT2D eigenvalue weighted by Crippen LogP contribution is 2.43. The average molecular weight is 412 g/mol. The summed E-state index contributed by atoms with van der Waals surface area (Å²) in [4.78, 5) is 26.9. The van der Waals surface area contributed by atoms with Crippen LogP contribution < -0.4 is 5.32 Å². The van der Waals surface area contributed by atoms with Crippen molar-refractivity contribution in [1.29, 1.82) is 0 Å². The summed E-state index contributed by atoms with van der Waals surface area (Å²) in [6, 6.07) is 10.6. The lowest BCUT2D eigenvalue weighted by Crippen LogP contribution is -2.22. The van der Waals surface area contributed by atoms with Gasteiger partial charge in [0.1, 0.15) is 5.00 Å². The van der Waals surface area contributed by atoms with Crippen LogP contribution in [0.2, 0.25) is 0 Å². The lowest BCUT2D eigenvalue weighted by molar-refractivity contribution is -0.119. The first kappa shape index (κ1) is 20.1. The van der Waals surface area contributed by atoms with E-state index >= 15 is 0 Å². The highest BCUT2D eigenvalue weighted by Gasteiger charge is 2.32. The fourth-order valence-corrected chi connectivity index (χ4v) is 5.89. The van der Waals surface area contributed by atoms with Crippen LogP contribution in [-0.2, 0) is 22.4 Å². The Morgan fingerprint density at radius 1 is 1.10 bits per heavy atom. The minimum atomic E-state index is -0.308. The Morgan fingerprint density at radius 2 is 1.83 bits per heavy atom. The van der Waals surface area contributed by atoms with Gasteiger partial charge in [-0.2, -0.15) is 0 Å². The third-order valence-corrected chi connectivity index (χ3v) is 7.22. The van der Waals surface area contributed by atoms with Crippen LogP contribution in [0.5, 0.6) is 0 Å². The van der Waals surface area contributed by atoms with E-state index in [2.05, 4.69) is 29.6 Å². The number of benzene rings is 1. The van der Waals surface area contributed by atoms with Crippen molar-refractivity contribution < 1.29 is 14.3 Å². The number of rotatable bonds is 5. The van der Waals surface area contributed by atoms with E-state index in [-0.39, 0.29) is 23.9 Å². The van der Waals surface area contributed by atoms with E-state index in [9.17, 15) is 9.59 Å². The lowest BCUT2D eigenvalue weighted by Gasteiger charge is -2.23. The standard InChI is InChI=1S/C24H29NO3S/c1-15(2)28-24(27)21-19-13-12-18(16-8-4-3-5-9-16)14-20(19)29-23(21)25-22(26)17-10-6-7-11-17/h3-5,8-9,15,17-18H,6-7,10-14H2,1-2H3,(H,25,26). The molecule has 0 radical (unpaired) electrons. The Bertz CT molecular complexity index is 881. The Balaban J connectivity index is 1.63. The number of thiophene rings is 1. The number of anilines is 1. The molecule has 1 atom stereocenters. The molecule has 0 bridgehead atoms. The zero-order valence-electron chi connectivity index (χ0n) is 17.2. The fraction of sp³-hybridized carbons (Fsp3) is 0.500. The molecular weight excluding hydrogens is 382 g/mol. The second-order valence-corrected chi connectivity index (χ2v) is 9.59. The number of amides is 1. The molecule has 0 saturated heterocycles. The van der Waals surface area contributed by atoms with E-state index in [1.807, 2.05) is 19.9 Å². The molecule has 5 heteroatoms. The van der Waals surface area contributed by atoms with Gasteiger partial charge in [-0.25, -0.2) is 4.79 Å². The number of ether oxygens (including phenoxy) is 1. The molecule has 4 nitrogen and oxygen atoms in total. The number of fused-ring (bicyclic) bond motifs is 1. The largest absolute Gasteiger partial charge is 0.459 e. The van der Waals surface area contributed by atoms with Crippen LogP contribution >= 0.6 is 11.3 Å². The first-order valence-electron chi connectivity index (χ1n) is 10.7. The topological polar surface area (TPSA) is 55.4 Å². The van der Waals surface area contributed by atoms with Gasteiger partial charge in [0.25, 0.3) is 0 Å². The van der Waals surface area contributed by atoms with Crippen molar-refractivity contribution in [2.75, 3.05) is 5.32 Å². The van der Waals surface area contributed by atoms with Gasteiger partial charge in [0.2, 0.25) is 5.91 Å². The van der Waals surface area contributed by atoms with Crippen molar-refractivity contribution in [3.63, 3.8) is 0 Å². The highest BCUT2D eigenvalue weighted by atomic mass is 32.1. The molecule has 2 aliphatic rings. The molecule has 154 valence electrons. The Kier molecular flexibility index (Phi) is 6.04. The third kappa shape index (κ3) is 4.40. The highest BCUT2D eigenvalue weighted by molar-refractivity contribution is 7.17. The number of hydrogen-bond acceptors (Lipinski definition) is 4. The molecule has 0 spiro atoms. The second-order valence-electron chi connectivity index (χ2n) is 8.48. The zero-order chi connectivity index (χ0) is 20.4. The van der Waals surface area contributed by atoms with Crippen molar-refractivity contribution >= 4 is 28.2 Å². The van der Waals surface area contributed by atoms with Crippen LogP contribution in [0.3, 0.4) is 0 Å². The average Bonchev–Trinajstić information content (AvgIpc) is 3.35. The Hall–Kier alpha value is -2.14. The SMILES string of the molecule is CC(C)OC(=O)c1c(NC(=O)C2CCCC2)sc2c1CCC(c1ccccc1)C2. The van der Waals surface area contributed by atoms with Gasteiger partial charge in [0.05, 0.1) is 11.7 Å². The minimum absolute atomic E-state index is 0.0549. The van der Waals surface area contributed by atoms with E-state index in [0.29, 0.717) is 16.5 Å². The maximum absolute atomic E-state index is 12.9. The van der Waals surface area contributed by atoms with Gasteiger partial charge in [-0.3, -0.25) is 4.79 Å². The second kappa shape index (κ2) is 8.70. The van der Waals surface area contributed by atoms with E-state index in [1.165, 1.54) is 10.4 Å². The number of nitrogens with one attached hydrogen (secondary N) is 1. The molecule has 1 fully saturated rings. The summed E-state index contributed by atoms with van der Waals surface area (Å²) < 4.78 is 5.54. The Morgan fingerprint density at radius 3 is 2.52 bits per heavy atom. The quantitative estimate of drug-likeness (QED) is 0.641. The van der Waals surface area contributed by atoms with Crippen LogP contribution in [0.1, 0.15) is 78.2 Å². The van der Waals surface area contributed by atoms with Gasteiger partial charge in [0.15, 0.2) is 0 Å². The number of carbonyl (C=O) groups is 2. The molecule has 4 rings (SSSR count). The van der Waals surface area contributed by atoms with Crippen molar-refractivity contribution in [2.45, 2.75) is 70.8 Å². The summed E-state index contributed by atoms with van der Waals surface area (Å²) in [5.41, 5.74) is 3.01. The molecule has 1 aromatic heterocycles. The van der Waals surface area contributed by atoms with Gasteiger partial charge in [-0.15, -0.1) is 11.3 Å². The van der Waals surface area contributed by atoms with Gasteiger partial charge in [-0.1, -0.05) is 43.2 Å². The van der Waals surface area contributed by atoms with E-state index in [4.69, 9.17) is 4.74 Å². The summed E-state index contributed by atoms with van der Waals surface area (Å²) in [6.07, 6.45) is 6.68. The van der Waals surface area contributed by atoms with Crippen LogP contribution in [-0.4, -0.2) is 18.0 Å². The maximum Gasteiger partial charge on any atom is 0.341 e. The summed E-state index contributed by atoms with van der Waals surface area (Å²) >= 11 is 1.57. The van der Waals surface area contributed by atoms with Gasteiger partial charge in [0, 0.05) is 10.8 Å². The van der Waals surface area contributed by atoms with Gasteiger partial charge in [-0.05, 0) is 63.0 Å². The van der Waals surface area contributed by atoms with Crippen LogP contribution in [0.4, 0.5) is 5.00 Å². The summed E-state index contributed by atoms with van der Waals surface area (Å²) in [5, 5.41) is 3.78. The molecule has 1 heterocycles. The summed E-state index contributed by atoms with van der Waals surface area (Å²) in [5.74, 6) is 0.270. The molecule has 29 heavy (non-hydrogen) atoms. The molecule has 2 aromatic rings. The van der Waals surface area contributed by atoms with Crippen molar-refractivity contribution in [3.05, 3.63) is 51.9 Å². The molecule has 0 aliphatic heterocycles. The smallest absolute Gasteiger partial charge is 0.341 e. The number of carbonyl (C=O) groups excluding carboxylic acids is 2. The molecule has 1 amide bonds. The normalized spacial score (nSPS) is 19.2. The molecule has 1 N–H and O–H groups in total. The molecule has 1 saturated carbocycles. The maximum atomic E-state index is 12.9. The van der Waals surface area contributed by atoms with E-state index < -0.39 is 0 Å². The number of hydrogen-bond donors (Lipinski definition) is 1. The summed E-state index contributed by atoms with van der Waals surface area (Å²) in [6.45, 7) is 3.72. The monoisotopic (exact) mass is 411 g/mol. The van der Waals surface area contributed by atoms with Crippen molar-refractivity contribution in [1.82, 2.24) is 0 Å². The summed E-state index contributed by atoms with van der Waals surface area (Å²) in [7, 11) is 0. The predicted octanol–water partition coefficient (Wildman–Crippen LogP) is 5.71. The fourth-order valence-electron chi connectivity index (χ4n) is 4.57. The van der Waals surface area contributed by atoms with Crippen LogP contribution in [0.15, 0.2) is 30.3 Å². The predicted molar refractivity (Wildman–Crippen MR) is 117 cm³/mol. The zero-order valence-corrected chi connectivity index (χ0v) is 18.0. The molecule has 1 unspecified atom stereocenters. The minimum Gasteiger partial charge on any atom is -0.459 e. The van der Waals surface area contributed by atoms with Gasteiger partial charge < -0.3 is 10.1 Å². The third-order valence-electron chi connectivity index (χ3n) is 6.05. The van der Waals surface area contributed by atoms with Crippen molar-refractivity contribution in [2.24, 2.45) is 5.92 Å². The Labute approximate surface area is 176 Å². The lowest BCUT2D eigenvalue weighted by atomic mass is 9.83. The molecular formula is C24H29NO3S. The first-order valence-corrected chi connectivity index (χ1v) is 11.6. The van der Waals surface area contributed by atoms with E-state index in [1.54, 1.807) is 11.3 Å². The van der Waals surface area contributed by atoms with Crippen molar-refractivity contribution in [3.8, 4) is 0 Å². The van der Waals surface area contributed by atoms with Crippen LogP contribution in [0, 0.1) is 5.92 Å².